The molecule has 0 unspecified atom stereocenters. The predicted molar refractivity (Wildman–Crippen MR) is 66.4 cm³/mol. The maximum absolute atomic E-state index is 13.1. The van der Waals surface area contributed by atoms with Crippen LogP contribution in [-0.2, 0) is 6.18 Å². The third-order valence-corrected chi connectivity index (χ3v) is 2.56. The van der Waals surface area contributed by atoms with E-state index >= 15 is 0 Å². The first-order valence-corrected chi connectivity index (χ1v) is 5.81. The van der Waals surface area contributed by atoms with Gasteiger partial charge in [-0.3, -0.25) is 9.78 Å². The molecule has 1 aromatic carbocycles. The van der Waals surface area contributed by atoms with Crippen LogP contribution in [0.3, 0.4) is 0 Å². The zero-order valence-corrected chi connectivity index (χ0v) is 10.8. The van der Waals surface area contributed by atoms with E-state index in [9.17, 15) is 22.4 Å². The third-order valence-electron chi connectivity index (χ3n) is 2.38. The SMILES string of the molecule is O=C(Nc1cncc(Cl)n1)c1ccc(F)c(C(F)(F)F)c1. The number of carbonyl (C=O) groups is 1. The Kier molecular flexibility index (Phi) is 4.08. The topological polar surface area (TPSA) is 54.9 Å². The molecule has 110 valence electrons. The van der Waals surface area contributed by atoms with Gasteiger partial charge in [-0.05, 0) is 18.2 Å². The van der Waals surface area contributed by atoms with E-state index in [-0.39, 0.29) is 16.5 Å². The second-order valence-corrected chi connectivity index (χ2v) is 4.26. The molecule has 0 saturated carbocycles. The molecule has 21 heavy (non-hydrogen) atoms. The summed E-state index contributed by atoms with van der Waals surface area (Å²) in [6, 6.07) is 1.92. The maximum atomic E-state index is 13.1. The maximum Gasteiger partial charge on any atom is 0.419 e. The van der Waals surface area contributed by atoms with Crippen LogP contribution in [0.4, 0.5) is 23.4 Å². The van der Waals surface area contributed by atoms with Crippen LogP contribution in [-0.4, -0.2) is 15.9 Å². The van der Waals surface area contributed by atoms with Crippen molar-refractivity contribution < 1.29 is 22.4 Å². The van der Waals surface area contributed by atoms with Crippen LogP contribution in [0.15, 0.2) is 30.6 Å². The minimum Gasteiger partial charge on any atom is -0.305 e. The third kappa shape index (κ3) is 3.66. The Morgan fingerprint density at radius 1 is 1.24 bits per heavy atom. The van der Waals surface area contributed by atoms with Gasteiger partial charge in [0.2, 0.25) is 0 Å². The Labute approximate surface area is 120 Å². The molecule has 1 amide bonds. The highest BCUT2D eigenvalue weighted by Gasteiger charge is 2.34. The molecule has 0 atom stereocenters. The summed E-state index contributed by atoms with van der Waals surface area (Å²) in [5.41, 5.74) is -1.89. The molecule has 2 aromatic rings. The number of alkyl halides is 3. The molecule has 2 rings (SSSR count). The zero-order chi connectivity index (χ0) is 15.6. The fourth-order valence-electron chi connectivity index (χ4n) is 1.47. The molecule has 9 heteroatoms. The number of amides is 1. The van der Waals surface area contributed by atoms with E-state index in [1.165, 1.54) is 6.20 Å². The van der Waals surface area contributed by atoms with Gasteiger partial charge in [-0.25, -0.2) is 9.37 Å². The molecule has 0 aliphatic heterocycles. The minimum atomic E-state index is -4.89. The summed E-state index contributed by atoms with van der Waals surface area (Å²) in [4.78, 5) is 19.2. The largest absolute Gasteiger partial charge is 0.419 e. The molecule has 1 aromatic heterocycles. The summed E-state index contributed by atoms with van der Waals surface area (Å²) < 4.78 is 50.8. The molecule has 0 spiro atoms. The van der Waals surface area contributed by atoms with Crippen LogP contribution in [0, 0.1) is 5.82 Å². The minimum absolute atomic E-state index is 0.00267. The molecule has 0 radical (unpaired) electrons. The summed E-state index contributed by atoms with van der Waals surface area (Å²) in [6.07, 6.45) is -2.51. The van der Waals surface area contributed by atoms with Crippen LogP contribution < -0.4 is 5.32 Å². The van der Waals surface area contributed by atoms with Gasteiger partial charge in [-0.2, -0.15) is 13.2 Å². The van der Waals surface area contributed by atoms with Crippen LogP contribution in [0.25, 0.3) is 0 Å². The van der Waals surface area contributed by atoms with E-state index in [0.717, 1.165) is 12.3 Å². The van der Waals surface area contributed by atoms with Crippen molar-refractivity contribution in [2.75, 3.05) is 5.32 Å². The Morgan fingerprint density at radius 2 is 1.95 bits per heavy atom. The molecular formula is C12H6ClF4N3O. The van der Waals surface area contributed by atoms with E-state index < -0.39 is 23.5 Å². The van der Waals surface area contributed by atoms with Crippen LogP contribution in [0.1, 0.15) is 15.9 Å². The Morgan fingerprint density at radius 3 is 2.57 bits per heavy atom. The van der Waals surface area contributed by atoms with Gasteiger partial charge in [0.25, 0.3) is 5.91 Å². The first-order chi connectivity index (χ1) is 9.77. The summed E-state index contributed by atoms with van der Waals surface area (Å²) in [5.74, 6) is -2.39. The van der Waals surface area contributed by atoms with E-state index in [1.54, 1.807) is 0 Å². The van der Waals surface area contributed by atoms with Gasteiger partial charge < -0.3 is 5.32 Å². The lowest BCUT2D eigenvalue weighted by Crippen LogP contribution is -2.16. The monoisotopic (exact) mass is 319 g/mol. The van der Waals surface area contributed by atoms with E-state index in [0.29, 0.717) is 12.1 Å². The number of aromatic nitrogens is 2. The van der Waals surface area contributed by atoms with Crippen molar-refractivity contribution in [1.82, 2.24) is 9.97 Å². The highest BCUT2D eigenvalue weighted by atomic mass is 35.5. The van der Waals surface area contributed by atoms with Crippen molar-refractivity contribution in [1.29, 1.82) is 0 Å². The zero-order valence-electron chi connectivity index (χ0n) is 10.1. The molecular weight excluding hydrogens is 314 g/mol. The number of rotatable bonds is 2. The molecule has 0 bridgehead atoms. The standard InChI is InChI=1S/C12H6ClF4N3O/c13-9-4-18-5-10(19-9)20-11(21)6-1-2-8(14)7(3-6)12(15,16)17/h1-5H,(H,19,20,21). The van der Waals surface area contributed by atoms with Crippen molar-refractivity contribution in [3.63, 3.8) is 0 Å². The lowest BCUT2D eigenvalue weighted by atomic mass is 10.1. The lowest BCUT2D eigenvalue weighted by molar-refractivity contribution is -0.140. The normalized spacial score (nSPS) is 11.3. The molecule has 1 N–H and O–H groups in total. The first-order valence-electron chi connectivity index (χ1n) is 5.43. The Balaban J connectivity index is 2.28. The number of nitrogens with zero attached hydrogens (tertiary/aromatic N) is 2. The number of halogens is 5. The van der Waals surface area contributed by atoms with Crippen molar-refractivity contribution in [2.45, 2.75) is 6.18 Å². The van der Waals surface area contributed by atoms with Crippen LogP contribution >= 0.6 is 11.6 Å². The van der Waals surface area contributed by atoms with Crippen molar-refractivity contribution in [3.05, 3.63) is 52.7 Å². The fourth-order valence-corrected chi connectivity index (χ4v) is 1.62. The first kappa shape index (κ1) is 15.2. The summed E-state index contributed by atoms with van der Waals surface area (Å²) in [6.45, 7) is 0. The van der Waals surface area contributed by atoms with Gasteiger partial charge in [0, 0.05) is 5.56 Å². The van der Waals surface area contributed by atoms with Gasteiger partial charge in [-0.15, -0.1) is 0 Å². The molecule has 1 heterocycles. The number of carbonyl (C=O) groups excluding carboxylic acids is 1. The summed E-state index contributed by atoms with van der Waals surface area (Å²) in [5, 5.41) is 2.21. The average Bonchev–Trinajstić information content (AvgIpc) is 2.37. The molecule has 0 aliphatic rings. The predicted octanol–water partition coefficient (Wildman–Crippen LogP) is 3.54. The van der Waals surface area contributed by atoms with Crippen LogP contribution in [0.2, 0.25) is 5.15 Å². The molecule has 0 aliphatic carbocycles. The van der Waals surface area contributed by atoms with Gasteiger partial charge in [0.1, 0.15) is 11.0 Å². The number of hydrogen-bond donors (Lipinski definition) is 1. The van der Waals surface area contributed by atoms with Crippen molar-refractivity contribution >= 4 is 23.3 Å². The van der Waals surface area contributed by atoms with E-state index in [4.69, 9.17) is 11.6 Å². The van der Waals surface area contributed by atoms with Crippen LogP contribution in [0.5, 0.6) is 0 Å². The van der Waals surface area contributed by atoms with Crippen molar-refractivity contribution in [3.8, 4) is 0 Å². The second kappa shape index (κ2) is 5.65. The average molecular weight is 320 g/mol. The summed E-state index contributed by atoms with van der Waals surface area (Å²) in [7, 11) is 0. The van der Waals surface area contributed by atoms with E-state index in [1.807, 2.05) is 0 Å². The molecule has 4 nitrogen and oxygen atoms in total. The van der Waals surface area contributed by atoms with Gasteiger partial charge in [0.15, 0.2) is 5.82 Å². The van der Waals surface area contributed by atoms with E-state index in [2.05, 4.69) is 15.3 Å². The number of nitrogens with one attached hydrogen (secondary N) is 1. The number of hydrogen-bond acceptors (Lipinski definition) is 3. The molecule has 0 fully saturated rings. The molecule has 0 saturated heterocycles. The Bertz CT molecular complexity index is 690. The Hall–Kier alpha value is -2.22. The van der Waals surface area contributed by atoms with Gasteiger partial charge >= 0.3 is 6.18 Å². The lowest BCUT2D eigenvalue weighted by Gasteiger charge is -2.10. The highest BCUT2D eigenvalue weighted by molar-refractivity contribution is 6.29. The van der Waals surface area contributed by atoms with Gasteiger partial charge in [-0.1, -0.05) is 11.6 Å². The second-order valence-electron chi connectivity index (χ2n) is 3.87. The quantitative estimate of drug-likeness (QED) is 0.861. The summed E-state index contributed by atoms with van der Waals surface area (Å²) >= 11 is 5.56. The van der Waals surface area contributed by atoms with Gasteiger partial charge in [0.05, 0.1) is 18.0 Å². The fraction of sp³-hybridized carbons (Fsp3) is 0.0833. The number of anilines is 1. The van der Waals surface area contributed by atoms with Crippen molar-refractivity contribution in [2.24, 2.45) is 0 Å². The smallest absolute Gasteiger partial charge is 0.305 e. The number of benzene rings is 1. The highest BCUT2D eigenvalue weighted by Crippen LogP contribution is 2.32.